The van der Waals surface area contributed by atoms with Crippen LogP contribution in [0.5, 0.6) is 0 Å². The summed E-state index contributed by atoms with van der Waals surface area (Å²) in [6, 6.07) is 10.6. The first kappa shape index (κ1) is 15.2. The van der Waals surface area contributed by atoms with Crippen LogP contribution in [0.2, 0.25) is 0 Å². The van der Waals surface area contributed by atoms with E-state index >= 15 is 0 Å². The minimum atomic E-state index is -0.167. The van der Waals surface area contributed by atoms with E-state index in [1.807, 2.05) is 0 Å². The van der Waals surface area contributed by atoms with Crippen LogP contribution >= 0.6 is 0 Å². The fraction of sp³-hybridized carbons (Fsp3) is 0.647. The van der Waals surface area contributed by atoms with Gasteiger partial charge in [-0.05, 0) is 42.6 Å². The van der Waals surface area contributed by atoms with Gasteiger partial charge in [-0.1, -0.05) is 58.0 Å². The van der Waals surface area contributed by atoms with Gasteiger partial charge >= 0.3 is 0 Å². The predicted molar refractivity (Wildman–Crippen MR) is 78.7 cm³/mol. The molecule has 1 N–H and O–H groups in total. The summed E-state index contributed by atoms with van der Waals surface area (Å²) in [7, 11) is 0. The van der Waals surface area contributed by atoms with E-state index in [-0.39, 0.29) is 6.10 Å². The summed E-state index contributed by atoms with van der Waals surface area (Å²) >= 11 is 0. The lowest BCUT2D eigenvalue weighted by Gasteiger charge is -2.24. The standard InChI is InChI=1S/C17H28O/c1-13(2)10-11-16(18)12-17(14(3)4)15-8-6-5-7-9-15/h5-9,13-14,16-18H,10-12H2,1-4H3. The molecule has 0 aliphatic rings. The summed E-state index contributed by atoms with van der Waals surface area (Å²) in [6.45, 7) is 8.91. The molecule has 0 fully saturated rings. The van der Waals surface area contributed by atoms with Gasteiger partial charge in [-0.3, -0.25) is 0 Å². The highest BCUT2D eigenvalue weighted by Gasteiger charge is 2.19. The SMILES string of the molecule is CC(C)CCC(O)CC(c1ccccc1)C(C)C. The number of aliphatic hydroxyl groups is 1. The molecule has 0 amide bonds. The molecular formula is C17H28O. The molecule has 0 spiro atoms. The lowest BCUT2D eigenvalue weighted by molar-refractivity contribution is 0.131. The molecule has 0 aliphatic carbocycles. The molecule has 102 valence electrons. The van der Waals surface area contributed by atoms with Gasteiger partial charge in [0.1, 0.15) is 0 Å². The van der Waals surface area contributed by atoms with E-state index in [4.69, 9.17) is 0 Å². The largest absolute Gasteiger partial charge is 0.393 e. The molecule has 1 aromatic rings. The molecule has 0 aromatic heterocycles. The van der Waals surface area contributed by atoms with Crippen molar-refractivity contribution in [3.63, 3.8) is 0 Å². The van der Waals surface area contributed by atoms with E-state index in [9.17, 15) is 5.11 Å². The Morgan fingerprint density at radius 1 is 0.944 bits per heavy atom. The van der Waals surface area contributed by atoms with E-state index in [0.717, 1.165) is 19.3 Å². The second kappa shape index (κ2) is 7.58. The van der Waals surface area contributed by atoms with Gasteiger partial charge in [0, 0.05) is 0 Å². The molecule has 18 heavy (non-hydrogen) atoms. The van der Waals surface area contributed by atoms with Crippen LogP contribution in [-0.2, 0) is 0 Å². The minimum Gasteiger partial charge on any atom is -0.393 e. The highest BCUT2D eigenvalue weighted by atomic mass is 16.3. The van der Waals surface area contributed by atoms with Crippen molar-refractivity contribution in [3.8, 4) is 0 Å². The molecule has 0 bridgehead atoms. The highest BCUT2D eigenvalue weighted by molar-refractivity contribution is 5.20. The van der Waals surface area contributed by atoms with Gasteiger partial charge in [-0.15, -0.1) is 0 Å². The van der Waals surface area contributed by atoms with Crippen LogP contribution in [0.4, 0.5) is 0 Å². The zero-order chi connectivity index (χ0) is 13.5. The first-order valence-electron chi connectivity index (χ1n) is 7.23. The third-order valence-electron chi connectivity index (χ3n) is 3.64. The molecule has 1 rings (SSSR count). The van der Waals surface area contributed by atoms with Crippen molar-refractivity contribution in [2.75, 3.05) is 0 Å². The number of rotatable bonds is 7. The van der Waals surface area contributed by atoms with Gasteiger partial charge in [0.05, 0.1) is 6.10 Å². The van der Waals surface area contributed by atoms with E-state index < -0.39 is 0 Å². The molecule has 1 aromatic carbocycles. The maximum Gasteiger partial charge on any atom is 0.0546 e. The van der Waals surface area contributed by atoms with E-state index in [1.54, 1.807) is 0 Å². The lowest BCUT2D eigenvalue weighted by atomic mass is 9.83. The van der Waals surface area contributed by atoms with Crippen LogP contribution in [0.3, 0.4) is 0 Å². The summed E-state index contributed by atoms with van der Waals surface area (Å²) < 4.78 is 0. The quantitative estimate of drug-likeness (QED) is 0.747. The van der Waals surface area contributed by atoms with Gasteiger partial charge < -0.3 is 5.11 Å². The van der Waals surface area contributed by atoms with E-state index in [0.29, 0.717) is 17.8 Å². The zero-order valence-electron chi connectivity index (χ0n) is 12.3. The molecule has 0 aliphatic heterocycles. The number of benzene rings is 1. The summed E-state index contributed by atoms with van der Waals surface area (Å²) in [5.41, 5.74) is 1.36. The molecule has 0 heterocycles. The number of hydrogen-bond acceptors (Lipinski definition) is 1. The average Bonchev–Trinajstić information content (AvgIpc) is 2.34. The van der Waals surface area contributed by atoms with Crippen LogP contribution in [0.1, 0.15) is 58.4 Å². The fourth-order valence-corrected chi connectivity index (χ4v) is 2.43. The molecule has 2 unspecified atom stereocenters. The summed E-state index contributed by atoms with van der Waals surface area (Å²) in [4.78, 5) is 0. The normalized spacial score (nSPS) is 15.1. The van der Waals surface area contributed by atoms with Crippen LogP contribution < -0.4 is 0 Å². The third-order valence-corrected chi connectivity index (χ3v) is 3.64. The smallest absolute Gasteiger partial charge is 0.0546 e. The molecule has 0 radical (unpaired) electrons. The minimum absolute atomic E-state index is 0.167. The van der Waals surface area contributed by atoms with Crippen LogP contribution in [0, 0.1) is 11.8 Å². The summed E-state index contributed by atoms with van der Waals surface area (Å²) in [5, 5.41) is 10.2. The van der Waals surface area contributed by atoms with Crippen molar-refractivity contribution in [2.24, 2.45) is 11.8 Å². The monoisotopic (exact) mass is 248 g/mol. The topological polar surface area (TPSA) is 20.2 Å². The van der Waals surface area contributed by atoms with Crippen LogP contribution in [-0.4, -0.2) is 11.2 Å². The van der Waals surface area contributed by atoms with Gasteiger partial charge in [0.25, 0.3) is 0 Å². The molecular weight excluding hydrogens is 220 g/mol. The average molecular weight is 248 g/mol. The van der Waals surface area contributed by atoms with Crippen molar-refractivity contribution >= 4 is 0 Å². The molecule has 0 saturated carbocycles. The molecule has 0 saturated heterocycles. The Bertz CT molecular complexity index is 316. The Hall–Kier alpha value is -0.820. The van der Waals surface area contributed by atoms with E-state index in [2.05, 4.69) is 58.0 Å². The van der Waals surface area contributed by atoms with E-state index in [1.165, 1.54) is 5.56 Å². The number of aliphatic hydroxyl groups excluding tert-OH is 1. The van der Waals surface area contributed by atoms with Crippen LogP contribution in [0.25, 0.3) is 0 Å². The van der Waals surface area contributed by atoms with Crippen molar-refractivity contribution in [1.82, 2.24) is 0 Å². The summed E-state index contributed by atoms with van der Waals surface area (Å²) in [6.07, 6.45) is 2.75. The van der Waals surface area contributed by atoms with Gasteiger partial charge in [0.2, 0.25) is 0 Å². The predicted octanol–water partition coefficient (Wildman–Crippen LogP) is 4.61. The molecule has 1 nitrogen and oxygen atoms in total. The number of hydrogen-bond donors (Lipinski definition) is 1. The Morgan fingerprint density at radius 3 is 2.06 bits per heavy atom. The maximum atomic E-state index is 10.2. The second-order valence-electron chi connectivity index (χ2n) is 6.12. The Kier molecular flexibility index (Phi) is 6.42. The lowest BCUT2D eigenvalue weighted by Crippen LogP contribution is -2.17. The maximum absolute atomic E-state index is 10.2. The zero-order valence-corrected chi connectivity index (χ0v) is 12.3. The summed E-state index contributed by atoms with van der Waals surface area (Å²) in [5.74, 6) is 1.71. The second-order valence-corrected chi connectivity index (χ2v) is 6.12. The first-order chi connectivity index (χ1) is 8.50. The Morgan fingerprint density at radius 2 is 1.56 bits per heavy atom. The van der Waals surface area contributed by atoms with Gasteiger partial charge in [0.15, 0.2) is 0 Å². The van der Waals surface area contributed by atoms with Crippen molar-refractivity contribution in [3.05, 3.63) is 35.9 Å². The van der Waals surface area contributed by atoms with Crippen molar-refractivity contribution in [1.29, 1.82) is 0 Å². The molecule has 2 atom stereocenters. The van der Waals surface area contributed by atoms with Gasteiger partial charge in [-0.2, -0.15) is 0 Å². The first-order valence-corrected chi connectivity index (χ1v) is 7.23. The van der Waals surface area contributed by atoms with Gasteiger partial charge in [-0.25, -0.2) is 0 Å². The van der Waals surface area contributed by atoms with Crippen LogP contribution in [0.15, 0.2) is 30.3 Å². The van der Waals surface area contributed by atoms with Crippen molar-refractivity contribution < 1.29 is 5.11 Å². The molecule has 1 heteroatoms. The third kappa shape index (κ3) is 5.22. The fourth-order valence-electron chi connectivity index (χ4n) is 2.43. The Labute approximate surface area is 112 Å². The highest BCUT2D eigenvalue weighted by Crippen LogP contribution is 2.30. The van der Waals surface area contributed by atoms with Crippen molar-refractivity contribution in [2.45, 2.75) is 59.0 Å². The Balaban J connectivity index is 2.59.